The number of rotatable bonds is 2. The van der Waals surface area contributed by atoms with E-state index in [1.807, 2.05) is 11.0 Å². The highest BCUT2D eigenvalue weighted by atomic mass is 16.4. The molecule has 0 saturated carbocycles. The van der Waals surface area contributed by atoms with Gasteiger partial charge in [0.25, 0.3) is 5.91 Å². The summed E-state index contributed by atoms with van der Waals surface area (Å²) in [4.78, 5) is 26.3. The summed E-state index contributed by atoms with van der Waals surface area (Å²) in [7, 11) is 0. The number of amides is 1. The van der Waals surface area contributed by atoms with Gasteiger partial charge in [-0.1, -0.05) is 32.9 Å². The first kappa shape index (κ1) is 18.5. The van der Waals surface area contributed by atoms with Crippen molar-refractivity contribution in [1.82, 2.24) is 4.90 Å². The van der Waals surface area contributed by atoms with Crippen molar-refractivity contribution < 1.29 is 19.8 Å². The number of fused-ring (bicyclic) bond motifs is 4. The molecule has 1 fully saturated rings. The topological polar surface area (TPSA) is 77.8 Å². The number of aromatic carboxylic acids is 1. The van der Waals surface area contributed by atoms with Gasteiger partial charge in [0.2, 0.25) is 0 Å². The van der Waals surface area contributed by atoms with Crippen LogP contribution >= 0.6 is 0 Å². The van der Waals surface area contributed by atoms with Crippen molar-refractivity contribution in [2.24, 2.45) is 5.41 Å². The van der Waals surface area contributed by atoms with Gasteiger partial charge >= 0.3 is 5.97 Å². The van der Waals surface area contributed by atoms with Crippen LogP contribution < -0.4 is 0 Å². The summed E-state index contributed by atoms with van der Waals surface area (Å²) in [5, 5.41) is 19.5. The predicted octanol–water partition coefficient (Wildman–Crippen LogP) is 3.85. The van der Waals surface area contributed by atoms with Crippen LogP contribution in [-0.2, 0) is 11.8 Å². The zero-order valence-corrected chi connectivity index (χ0v) is 16.4. The van der Waals surface area contributed by atoms with Gasteiger partial charge in [-0.25, -0.2) is 4.79 Å². The molecule has 2 aliphatic rings. The lowest BCUT2D eigenvalue weighted by Crippen LogP contribution is -2.64. The van der Waals surface area contributed by atoms with Crippen LogP contribution in [0.5, 0.6) is 5.75 Å². The molecule has 0 spiro atoms. The second-order valence-corrected chi connectivity index (χ2v) is 8.71. The van der Waals surface area contributed by atoms with Crippen LogP contribution in [0.1, 0.15) is 59.0 Å². The van der Waals surface area contributed by atoms with E-state index in [0.717, 1.165) is 12.0 Å². The Labute approximate surface area is 164 Å². The lowest BCUT2D eigenvalue weighted by molar-refractivity contribution is -0.0266. The lowest BCUT2D eigenvalue weighted by Gasteiger charge is -2.60. The largest absolute Gasteiger partial charge is 0.508 e. The SMILES string of the molecule is CC12CCN(C(=O)c3ccc(C(=O)O)cc3)C(Cc3c(O)cccc31)C2(C)C. The summed E-state index contributed by atoms with van der Waals surface area (Å²) in [6.07, 6.45) is 1.43. The van der Waals surface area contributed by atoms with Gasteiger partial charge in [-0.3, -0.25) is 4.79 Å². The third-order valence-electron chi connectivity index (χ3n) is 7.27. The molecular formula is C23H25NO4. The van der Waals surface area contributed by atoms with Gasteiger partial charge in [0.1, 0.15) is 5.75 Å². The Morgan fingerprint density at radius 3 is 2.32 bits per heavy atom. The quantitative estimate of drug-likeness (QED) is 0.831. The maximum Gasteiger partial charge on any atom is 0.335 e. The molecule has 0 aromatic heterocycles. The number of benzene rings is 2. The zero-order chi connectivity index (χ0) is 20.3. The number of carboxylic acid groups (broad SMARTS) is 1. The van der Waals surface area contributed by atoms with Gasteiger partial charge in [-0.2, -0.15) is 0 Å². The van der Waals surface area contributed by atoms with Gasteiger partial charge in [0.05, 0.1) is 5.56 Å². The summed E-state index contributed by atoms with van der Waals surface area (Å²) in [6, 6.07) is 11.8. The van der Waals surface area contributed by atoms with Crippen LogP contribution in [0.2, 0.25) is 0 Å². The van der Waals surface area contributed by atoms with E-state index in [4.69, 9.17) is 5.11 Å². The molecule has 28 heavy (non-hydrogen) atoms. The molecule has 2 atom stereocenters. The zero-order valence-electron chi connectivity index (χ0n) is 16.4. The molecule has 4 rings (SSSR count). The fraction of sp³-hybridized carbons (Fsp3) is 0.391. The number of hydrogen-bond acceptors (Lipinski definition) is 3. The van der Waals surface area contributed by atoms with E-state index in [0.29, 0.717) is 24.3 Å². The fourth-order valence-electron chi connectivity index (χ4n) is 5.09. The van der Waals surface area contributed by atoms with E-state index < -0.39 is 5.97 Å². The smallest absolute Gasteiger partial charge is 0.335 e. The Balaban J connectivity index is 1.73. The summed E-state index contributed by atoms with van der Waals surface area (Å²) in [6.45, 7) is 7.29. The number of carbonyl (C=O) groups excluding carboxylic acids is 1. The molecule has 5 nitrogen and oxygen atoms in total. The van der Waals surface area contributed by atoms with Crippen molar-refractivity contribution in [3.05, 3.63) is 64.7 Å². The van der Waals surface area contributed by atoms with Crippen molar-refractivity contribution >= 4 is 11.9 Å². The molecule has 1 saturated heterocycles. The molecular weight excluding hydrogens is 354 g/mol. The molecule has 146 valence electrons. The van der Waals surface area contributed by atoms with Gasteiger partial charge in [0.15, 0.2) is 0 Å². The second kappa shape index (κ2) is 6.09. The summed E-state index contributed by atoms with van der Waals surface area (Å²) in [5.41, 5.74) is 2.49. The monoisotopic (exact) mass is 379 g/mol. The molecule has 2 bridgehead atoms. The van der Waals surface area contributed by atoms with Crippen LogP contribution in [-0.4, -0.2) is 39.6 Å². The van der Waals surface area contributed by atoms with Crippen LogP contribution in [0.3, 0.4) is 0 Å². The first-order valence-corrected chi connectivity index (χ1v) is 9.62. The Morgan fingerprint density at radius 1 is 1.04 bits per heavy atom. The third-order valence-corrected chi connectivity index (χ3v) is 7.27. The summed E-state index contributed by atoms with van der Waals surface area (Å²) in [5.74, 6) is -0.798. The van der Waals surface area contributed by atoms with Crippen molar-refractivity contribution in [2.75, 3.05) is 6.54 Å². The molecule has 1 amide bonds. The first-order chi connectivity index (χ1) is 13.2. The van der Waals surface area contributed by atoms with E-state index in [-0.39, 0.29) is 28.3 Å². The van der Waals surface area contributed by atoms with Gasteiger partial charge in [0, 0.05) is 23.6 Å². The number of phenols is 1. The standard InChI is InChI=1S/C23H25NO4/c1-22(2)19-13-16-17(5-4-6-18(16)25)23(22,3)11-12-24(19)20(26)14-7-9-15(10-8-14)21(27)28/h4-10,19,25H,11-13H2,1-3H3,(H,27,28). The summed E-state index contributed by atoms with van der Waals surface area (Å²) >= 11 is 0. The molecule has 2 unspecified atom stereocenters. The van der Waals surface area contributed by atoms with Crippen molar-refractivity contribution in [1.29, 1.82) is 0 Å². The molecule has 5 heteroatoms. The molecule has 2 aromatic rings. The Morgan fingerprint density at radius 2 is 1.68 bits per heavy atom. The molecule has 1 aliphatic carbocycles. The maximum atomic E-state index is 13.3. The van der Waals surface area contributed by atoms with E-state index in [1.54, 1.807) is 18.2 Å². The number of carbonyl (C=O) groups is 2. The number of nitrogens with zero attached hydrogens (tertiary/aromatic N) is 1. The average Bonchev–Trinajstić information content (AvgIpc) is 2.65. The number of phenolic OH excluding ortho intramolecular Hbond substituents is 1. The fourth-order valence-corrected chi connectivity index (χ4v) is 5.09. The minimum absolute atomic E-state index is 0.0429. The van der Waals surface area contributed by atoms with Crippen molar-refractivity contribution in [2.45, 2.75) is 45.1 Å². The highest BCUT2D eigenvalue weighted by molar-refractivity contribution is 5.96. The number of hydrogen-bond donors (Lipinski definition) is 2. The van der Waals surface area contributed by atoms with E-state index in [9.17, 15) is 14.7 Å². The van der Waals surface area contributed by atoms with Gasteiger partial charge in [-0.15, -0.1) is 0 Å². The first-order valence-electron chi connectivity index (χ1n) is 9.62. The maximum absolute atomic E-state index is 13.3. The Kier molecular flexibility index (Phi) is 4.03. The highest BCUT2D eigenvalue weighted by Crippen LogP contribution is 2.57. The lowest BCUT2D eigenvalue weighted by atomic mass is 9.51. The van der Waals surface area contributed by atoms with Gasteiger partial charge < -0.3 is 15.1 Å². The molecule has 1 aliphatic heterocycles. The molecule has 0 radical (unpaired) electrons. The number of piperidine rings is 1. The van der Waals surface area contributed by atoms with E-state index in [2.05, 4.69) is 26.8 Å². The number of aromatic hydroxyl groups is 1. The molecule has 1 heterocycles. The van der Waals surface area contributed by atoms with Crippen LogP contribution in [0.15, 0.2) is 42.5 Å². The number of carboxylic acids is 1. The highest BCUT2D eigenvalue weighted by Gasteiger charge is 2.57. The van der Waals surface area contributed by atoms with Gasteiger partial charge in [-0.05, 0) is 59.7 Å². The Bertz CT molecular complexity index is 963. The minimum Gasteiger partial charge on any atom is -0.508 e. The third kappa shape index (κ3) is 2.45. The minimum atomic E-state index is -1.01. The van der Waals surface area contributed by atoms with Crippen LogP contribution in [0.25, 0.3) is 0 Å². The van der Waals surface area contributed by atoms with Crippen molar-refractivity contribution in [3.8, 4) is 5.75 Å². The predicted molar refractivity (Wildman–Crippen MR) is 106 cm³/mol. The van der Waals surface area contributed by atoms with E-state index >= 15 is 0 Å². The van der Waals surface area contributed by atoms with Crippen LogP contribution in [0.4, 0.5) is 0 Å². The normalized spacial score (nSPS) is 25.1. The molecule has 2 aromatic carbocycles. The van der Waals surface area contributed by atoms with Crippen molar-refractivity contribution in [3.63, 3.8) is 0 Å². The average molecular weight is 379 g/mol. The second-order valence-electron chi connectivity index (χ2n) is 8.71. The Hall–Kier alpha value is -2.82. The summed E-state index contributed by atoms with van der Waals surface area (Å²) < 4.78 is 0. The molecule has 2 N–H and O–H groups in total. The van der Waals surface area contributed by atoms with E-state index in [1.165, 1.54) is 17.7 Å². The van der Waals surface area contributed by atoms with Crippen LogP contribution in [0, 0.1) is 5.41 Å². The number of likely N-dealkylation sites (tertiary alicyclic amines) is 1.